The highest BCUT2D eigenvalue weighted by Crippen LogP contribution is 2.20. The van der Waals surface area contributed by atoms with Crippen LogP contribution in [0, 0.1) is 25.2 Å². The van der Waals surface area contributed by atoms with Gasteiger partial charge in [0, 0.05) is 37.5 Å². The van der Waals surface area contributed by atoms with Gasteiger partial charge in [0.1, 0.15) is 11.8 Å². The lowest BCUT2D eigenvalue weighted by molar-refractivity contribution is -0.122. The molecule has 1 saturated heterocycles. The highest BCUT2D eigenvalue weighted by molar-refractivity contribution is 5.76. The molecule has 3 rings (SSSR count). The smallest absolute Gasteiger partial charge is 0.220 e. The van der Waals surface area contributed by atoms with Crippen LogP contribution in [-0.4, -0.2) is 51.4 Å². The standard InChI is InChI=1S/C18H22N6O3/c1-11-13(12(2)27-23-11)3-4-17(26)22-15-10-24(8-5-16(15)25)18-14(9-19)20-6-7-21-18/h6-7,15-16,25H,3-5,8,10H2,1-2H3,(H,22,26)/t15-,16+/m1/s1. The van der Waals surface area contributed by atoms with Crippen LogP contribution >= 0.6 is 0 Å². The maximum Gasteiger partial charge on any atom is 0.220 e. The molecular formula is C18H22N6O3. The molecule has 0 radical (unpaired) electrons. The number of carbonyl (C=O) groups excluding carboxylic acids is 1. The van der Waals surface area contributed by atoms with Crippen molar-refractivity contribution in [3.05, 3.63) is 35.1 Å². The first kappa shape index (κ1) is 18.8. The Hall–Kier alpha value is -2.99. The normalized spacial score (nSPS) is 19.6. The van der Waals surface area contributed by atoms with Crippen molar-refractivity contribution in [3.8, 4) is 6.07 Å². The fourth-order valence-electron chi connectivity index (χ4n) is 3.29. The van der Waals surface area contributed by atoms with Crippen LogP contribution in [0.3, 0.4) is 0 Å². The zero-order valence-electron chi connectivity index (χ0n) is 15.3. The van der Waals surface area contributed by atoms with E-state index in [1.165, 1.54) is 12.4 Å². The van der Waals surface area contributed by atoms with E-state index >= 15 is 0 Å². The molecule has 0 bridgehead atoms. The van der Waals surface area contributed by atoms with Crippen molar-refractivity contribution in [2.45, 2.75) is 45.3 Å². The maximum atomic E-state index is 12.4. The van der Waals surface area contributed by atoms with E-state index in [9.17, 15) is 15.2 Å². The van der Waals surface area contributed by atoms with Crippen LogP contribution in [0.5, 0.6) is 0 Å². The lowest BCUT2D eigenvalue weighted by atomic mass is 10.0. The molecular weight excluding hydrogens is 348 g/mol. The van der Waals surface area contributed by atoms with Gasteiger partial charge >= 0.3 is 0 Å². The van der Waals surface area contributed by atoms with E-state index in [-0.39, 0.29) is 18.0 Å². The summed E-state index contributed by atoms with van der Waals surface area (Å²) in [5.74, 6) is 1.04. The minimum absolute atomic E-state index is 0.152. The number of aromatic nitrogens is 3. The number of hydrogen-bond donors (Lipinski definition) is 2. The Morgan fingerprint density at radius 2 is 2.22 bits per heavy atom. The van der Waals surface area contributed by atoms with Gasteiger partial charge in [-0.15, -0.1) is 0 Å². The predicted octanol–water partition coefficient (Wildman–Crippen LogP) is 0.642. The zero-order valence-corrected chi connectivity index (χ0v) is 15.3. The van der Waals surface area contributed by atoms with E-state index in [0.29, 0.717) is 31.7 Å². The first-order chi connectivity index (χ1) is 13.0. The molecule has 27 heavy (non-hydrogen) atoms. The van der Waals surface area contributed by atoms with Gasteiger partial charge in [-0.1, -0.05) is 5.16 Å². The molecule has 142 valence electrons. The minimum Gasteiger partial charge on any atom is -0.391 e. The van der Waals surface area contributed by atoms with Gasteiger partial charge < -0.3 is 19.8 Å². The third-order valence-corrected chi connectivity index (χ3v) is 4.79. The summed E-state index contributed by atoms with van der Waals surface area (Å²) in [4.78, 5) is 22.5. The molecule has 2 aromatic rings. The van der Waals surface area contributed by atoms with Crippen molar-refractivity contribution in [1.82, 2.24) is 20.4 Å². The number of hydrogen-bond acceptors (Lipinski definition) is 8. The molecule has 9 nitrogen and oxygen atoms in total. The number of nitrogens with one attached hydrogen (secondary N) is 1. The maximum absolute atomic E-state index is 12.4. The monoisotopic (exact) mass is 370 g/mol. The van der Waals surface area contributed by atoms with Gasteiger partial charge in [-0.3, -0.25) is 4.79 Å². The molecule has 3 heterocycles. The van der Waals surface area contributed by atoms with Crippen LogP contribution in [0.15, 0.2) is 16.9 Å². The van der Waals surface area contributed by atoms with Crippen molar-refractivity contribution in [3.63, 3.8) is 0 Å². The summed E-state index contributed by atoms with van der Waals surface area (Å²) in [6.45, 7) is 4.58. The first-order valence-electron chi connectivity index (χ1n) is 8.84. The largest absolute Gasteiger partial charge is 0.391 e. The molecule has 0 spiro atoms. The summed E-state index contributed by atoms with van der Waals surface area (Å²) in [6, 6.07) is 1.59. The molecule has 1 fully saturated rings. The molecule has 2 atom stereocenters. The number of aryl methyl sites for hydroxylation is 2. The van der Waals surface area contributed by atoms with Gasteiger partial charge in [0.15, 0.2) is 11.5 Å². The number of anilines is 1. The molecule has 0 saturated carbocycles. The Bertz CT molecular complexity index is 840. The van der Waals surface area contributed by atoms with Gasteiger partial charge in [0.2, 0.25) is 5.91 Å². The summed E-state index contributed by atoms with van der Waals surface area (Å²) in [5.41, 5.74) is 1.96. The Morgan fingerprint density at radius 3 is 2.93 bits per heavy atom. The summed E-state index contributed by atoms with van der Waals surface area (Å²) < 4.78 is 5.11. The van der Waals surface area contributed by atoms with Crippen molar-refractivity contribution >= 4 is 11.7 Å². The van der Waals surface area contributed by atoms with Crippen molar-refractivity contribution in [2.24, 2.45) is 0 Å². The van der Waals surface area contributed by atoms with Gasteiger partial charge in [-0.25, -0.2) is 9.97 Å². The van der Waals surface area contributed by atoms with E-state index in [1.54, 1.807) is 0 Å². The van der Waals surface area contributed by atoms with E-state index < -0.39 is 12.1 Å². The number of nitriles is 1. The number of aliphatic hydroxyl groups is 1. The second-order valence-electron chi connectivity index (χ2n) is 6.62. The number of rotatable bonds is 5. The molecule has 2 N–H and O–H groups in total. The SMILES string of the molecule is Cc1noc(C)c1CCC(=O)N[C@@H]1CN(c2nccnc2C#N)CC[C@@H]1O. The second-order valence-corrected chi connectivity index (χ2v) is 6.62. The van der Waals surface area contributed by atoms with Crippen LogP contribution < -0.4 is 10.2 Å². The van der Waals surface area contributed by atoms with Crippen LogP contribution in [0.25, 0.3) is 0 Å². The average Bonchev–Trinajstić information content (AvgIpc) is 2.99. The number of nitrogens with zero attached hydrogens (tertiary/aromatic N) is 5. The molecule has 1 aliphatic rings. The summed E-state index contributed by atoms with van der Waals surface area (Å²) in [5, 5.41) is 26.3. The van der Waals surface area contributed by atoms with E-state index in [2.05, 4.69) is 20.4 Å². The average molecular weight is 370 g/mol. The van der Waals surface area contributed by atoms with Gasteiger partial charge in [-0.2, -0.15) is 5.26 Å². The van der Waals surface area contributed by atoms with Gasteiger partial charge in [-0.05, 0) is 26.7 Å². The Kier molecular flexibility index (Phi) is 5.66. The fraction of sp³-hybridized carbons (Fsp3) is 0.500. The Morgan fingerprint density at radius 1 is 1.44 bits per heavy atom. The molecule has 0 unspecified atom stereocenters. The molecule has 9 heteroatoms. The number of piperidine rings is 1. The van der Waals surface area contributed by atoms with Gasteiger partial charge in [0.05, 0.1) is 17.8 Å². The van der Waals surface area contributed by atoms with E-state index in [4.69, 9.17) is 4.52 Å². The molecule has 2 aromatic heterocycles. The molecule has 0 aliphatic carbocycles. The van der Waals surface area contributed by atoms with Crippen molar-refractivity contribution in [2.75, 3.05) is 18.0 Å². The highest BCUT2D eigenvalue weighted by Gasteiger charge is 2.30. The van der Waals surface area contributed by atoms with E-state index in [1.807, 2.05) is 24.8 Å². The Balaban J connectivity index is 1.61. The Labute approximate surface area is 157 Å². The highest BCUT2D eigenvalue weighted by atomic mass is 16.5. The van der Waals surface area contributed by atoms with Crippen LogP contribution in [-0.2, 0) is 11.2 Å². The summed E-state index contributed by atoms with van der Waals surface area (Å²) in [7, 11) is 0. The molecule has 1 aliphatic heterocycles. The third-order valence-electron chi connectivity index (χ3n) is 4.79. The minimum atomic E-state index is -0.647. The zero-order chi connectivity index (χ0) is 19.4. The summed E-state index contributed by atoms with van der Waals surface area (Å²) >= 11 is 0. The third kappa shape index (κ3) is 4.23. The fourth-order valence-corrected chi connectivity index (χ4v) is 3.29. The van der Waals surface area contributed by atoms with Gasteiger partial charge in [0.25, 0.3) is 0 Å². The second kappa shape index (κ2) is 8.14. The van der Waals surface area contributed by atoms with Crippen LogP contribution in [0.4, 0.5) is 5.82 Å². The predicted molar refractivity (Wildman–Crippen MR) is 95.8 cm³/mol. The topological polar surface area (TPSA) is 128 Å². The number of aliphatic hydroxyl groups excluding tert-OH is 1. The lowest BCUT2D eigenvalue weighted by Gasteiger charge is -2.37. The van der Waals surface area contributed by atoms with Crippen molar-refractivity contribution in [1.29, 1.82) is 5.26 Å². The lowest BCUT2D eigenvalue weighted by Crippen LogP contribution is -2.55. The van der Waals surface area contributed by atoms with Crippen LogP contribution in [0.1, 0.15) is 35.6 Å². The number of carbonyl (C=O) groups is 1. The first-order valence-corrected chi connectivity index (χ1v) is 8.84. The van der Waals surface area contributed by atoms with Crippen LogP contribution in [0.2, 0.25) is 0 Å². The molecule has 1 amide bonds. The quantitative estimate of drug-likeness (QED) is 0.785. The van der Waals surface area contributed by atoms with E-state index in [0.717, 1.165) is 17.0 Å². The van der Waals surface area contributed by atoms with Crippen molar-refractivity contribution < 1.29 is 14.4 Å². The summed E-state index contributed by atoms with van der Waals surface area (Å²) in [6.07, 6.45) is 3.62. The number of amides is 1. The molecule has 0 aromatic carbocycles.